The maximum atomic E-state index is 14.0. The fourth-order valence-corrected chi connectivity index (χ4v) is 3.08. The van der Waals surface area contributed by atoms with Gasteiger partial charge in [-0.2, -0.15) is 0 Å². The lowest BCUT2D eigenvalue weighted by Crippen LogP contribution is -2.15. The highest BCUT2D eigenvalue weighted by Gasteiger charge is 2.17. The van der Waals surface area contributed by atoms with Crippen molar-refractivity contribution in [3.63, 3.8) is 0 Å². The van der Waals surface area contributed by atoms with Crippen molar-refractivity contribution >= 4 is 15.9 Å². The second-order valence-corrected chi connectivity index (χ2v) is 5.70. The average Bonchev–Trinajstić information content (AvgIpc) is 2.46. The summed E-state index contributed by atoms with van der Waals surface area (Å²) in [6.07, 6.45) is 1.96. The minimum absolute atomic E-state index is 0.274. The van der Waals surface area contributed by atoms with Crippen LogP contribution in [0.5, 0.6) is 0 Å². The summed E-state index contributed by atoms with van der Waals surface area (Å²) in [4.78, 5) is 0. The number of benzene rings is 2. The fourth-order valence-electron chi connectivity index (χ4n) is 2.49. The first-order chi connectivity index (χ1) is 9.58. The van der Waals surface area contributed by atoms with Gasteiger partial charge in [-0.15, -0.1) is 0 Å². The van der Waals surface area contributed by atoms with Crippen molar-refractivity contribution in [2.45, 2.75) is 32.7 Å². The average molecular weight is 336 g/mol. The molecular weight excluding hydrogens is 317 g/mol. The molecule has 1 nitrogen and oxygen atoms in total. The molecule has 106 valence electrons. The van der Waals surface area contributed by atoms with Gasteiger partial charge in [0.1, 0.15) is 5.82 Å². The molecule has 3 heteroatoms. The van der Waals surface area contributed by atoms with Crippen molar-refractivity contribution in [2.24, 2.45) is 5.73 Å². The van der Waals surface area contributed by atoms with E-state index in [0.717, 1.165) is 18.4 Å². The Hall–Kier alpha value is -1.19. The highest BCUT2D eigenvalue weighted by Crippen LogP contribution is 2.30. The van der Waals surface area contributed by atoms with Gasteiger partial charge in [-0.05, 0) is 41.7 Å². The summed E-state index contributed by atoms with van der Waals surface area (Å²) in [7, 11) is 0. The molecule has 2 N–H and O–H groups in total. The summed E-state index contributed by atoms with van der Waals surface area (Å²) in [5.74, 6) is -0.274. The molecule has 0 aliphatic carbocycles. The minimum Gasteiger partial charge on any atom is -0.320 e. The molecule has 1 atom stereocenters. The topological polar surface area (TPSA) is 26.0 Å². The van der Waals surface area contributed by atoms with Gasteiger partial charge in [-0.1, -0.05) is 54.0 Å². The van der Waals surface area contributed by atoms with E-state index >= 15 is 0 Å². The first kappa shape index (κ1) is 15.2. The number of nitrogens with two attached hydrogens (primary N) is 1. The highest BCUT2D eigenvalue weighted by molar-refractivity contribution is 9.10. The summed E-state index contributed by atoms with van der Waals surface area (Å²) in [6.45, 7) is 4.27. The number of rotatable bonds is 4. The Kier molecular flexibility index (Phi) is 4.95. The normalized spacial score (nSPS) is 12.4. The summed E-state index contributed by atoms with van der Waals surface area (Å²) in [5, 5.41) is 0. The number of halogens is 2. The first-order valence-corrected chi connectivity index (χ1v) is 7.69. The summed E-state index contributed by atoms with van der Waals surface area (Å²) < 4.78 is 14.7. The summed E-state index contributed by atoms with van der Waals surface area (Å²) in [6, 6.07) is 10.7. The molecule has 0 aromatic heterocycles. The molecule has 1 unspecified atom stereocenters. The Morgan fingerprint density at radius 2 is 1.80 bits per heavy atom. The van der Waals surface area contributed by atoms with E-state index in [-0.39, 0.29) is 5.82 Å². The van der Waals surface area contributed by atoms with Crippen molar-refractivity contribution in [3.8, 4) is 0 Å². The summed E-state index contributed by atoms with van der Waals surface area (Å²) in [5.41, 5.74) is 10.3. The molecule has 0 aliphatic rings. The van der Waals surface area contributed by atoms with Crippen molar-refractivity contribution in [1.29, 1.82) is 0 Å². The lowest BCUT2D eigenvalue weighted by atomic mass is 9.93. The van der Waals surface area contributed by atoms with Crippen molar-refractivity contribution in [1.82, 2.24) is 0 Å². The van der Waals surface area contributed by atoms with Crippen LogP contribution in [0, 0.1) is 5.82 Å². The maximum Gasteiger partial charge on any atom is 0.129 e. The molecule has 0 aliphatic heterocycles. The zero-order valence-electron chi connectivity index (χ0n) is 11.8. The van der Waals surface area contributed by atoms with E-state index in [1.165, 1.54) is 17.2 Å². The Balaban J connectivity index is 2.46. The standard InChI is InChI=1S/C17H19BrFN/c1-3-11-8-9-13(10-12(11)4-2)17(20)16-14(18)6-5-7-15(16)19/h5-10,17H,3-4,20H2,1-2H3. The quantitative estimate of drug-likeness (QED) is 0.856. The molecule has 0 amide bonds. The van der Waals surface area contributed by atoms with Gasteiger partial charge in [-0.3, -0.25) is 0 Å². The van der Waals surface area contributed by atoms with Crippen LogP contribution in [0.1, 0.15) is 42.1 Å². The molecule has 0 radical (unpaired) electrons. The molecule has 20 heavy (non-hydrogen) atoms. The Morgan fingerprint density at radius 1 is 1.10 bits per heavy atom. The van der Waals surface area contributed by atoms with Crippen LogP contribution in [0.25, 0.3) is 0 Å². The number of hydrogen-bond acceptors (Lipinski definition) is 1. The predicted octanol–water partition coefficient (Wildman–Crippen LogP) is 4.76. The SMILES string of the molecule is CCc1ccc(C(N)c2c(F)cccc2Br)cc1CC. The molecule has 0 bridgehead atoms. The Labute approximate surface area is 128 Å². The zero-order valence-corrected chi connectivity index (χ0v) is 13.4. The third-order valence-corrected chi connectivity index (χ3v) is 4.35. The molecule has 2 rings (SSSR count). The van der Waals surface area contributed by atoms with Crippen LogP contribution in [0.4, 0.5) is 4.39 Å². The van der Waals surface area contributed by atoms with Crippen LogP contribution < -0.4 is 5.73 Å². The van der Waals surface area contributed by atoms with E-state index in [1.54, 1.807) is 6.07 Å². The number of aryl methyl sites for hydroxylation is 2. The van der Waals surface area contributed by atoms with Gasteiger partial charge in [-0.25, -0.2) is 4.39 Å². The van der Waals surface area contributed by atoms with E-state index in [9.17, 15) is 4.39 Å². The van der Waals surface area contributed by atoms with Gasteiger partial charge in [0.15, 0.2) is 0 Å². The first-order valence-electron chi connectivity index (χ1n) is 6.89. The lowest BCUT2D eigenvalue weighted by Gasteiger charge is -2.17. The Bertz CT molecular complexity index is 590. The van der Waals surface area contributed by atoms with Crippen LogP contribution in [0.2, 0.25) is 0 Å². The van der Waals surface area contributed by atoms with Crippen LogP contribution in [-0.4, -0.2) is 0 Å². The van der Waals surface area contributed by atoms with E-state index in [2.05, 4.69) is 41.9 Å². The van der Waals surface area contributed by atoms with Gasteiger partial charge in [0.05, 0.1) is 6.04 Å². The van der Waals surface area contributed by atoms with E-state index in [4.69, 9.17) is 5.73 Å². The van der Waals surface area contributed by atoms with Crippen LogP contribution in [0.3, 0.4) is 0 Å². The van der Waals surface area contributed by atoms with E-state index in [1.807, 2.05) is 12.1 Å². The van der Waals surface area contributed by atoms with Crippen molar-refractivity contribution in [3.05, 3.63) is 68.9 Å². The van der Waals surface area contributed by atoms with E-state index < -0.39 is 6.04 Å². The minimum atomic E-state index is -0.457. The van der Waals surface area contributed by atoms with Crippen LogP contribution >= 0.6 is 15.9 Å². The third kappa shape index (κ3) is 2.94. The van der Waals surface area contributed by atoms with Crippen molar-refractivity contribution < 1.29 is 4.39 Å². The highest BCUT2D eigenvalue weighted by atomic mass is 79.9. The lowest BCUT2D eigenvalue weighted by molar-refractivity contribution is 0.597. The maximum absolute atomic E-state index is 14.0. The molecule has 0 spiro atoms. The van der Waals surface area contributed by atoms with Gasteiger partial charge in [0.2, 0.25) is 0 Å². The monoisotopic (exact) mass is 335 g/mol. The molecular formula is C17H19BrFN. The third-order valence-electron chi connectivity index (χ3n) is 3.66. The van der Waals surface area contributed by atoms with Gasteiger partial charge in [0, 0.05) is 10.0 Å². The predicted molar refractivity (Wildman–Crippen MR) is 85.3 cm³/mol. The van der Waals surface area contributed by atoms with Crippen molar-refractivity contribution in [2.75, 3.05) is 0 Å². The molecule has 0 saturated heterocycles. The molecule has 0 fully saturated rings. The largest absolute Gasteiger partial charge is 0.320 e. The molecule has 2 aromatic rings. The fraction of sp³-hybridized carbons (Fsp3) is 0.294. The zero-order chi connectivity index (χ0) is 14.7. The van der Waals surface area contributed by atoms with Crippen LogP contribution in [0.15, 0.2) is 40.9 Å². The summed E-state index contributed by atoms with van der Waals surface area (Å²) >= 11 is 3.39. The van der Waals surface area contributed by atoms with Crippen LogP contribution in [-0.2, 0) is 12.8 Å². The smallest absolute Gasteiger partial charge is 0.129 e. The Morgan fingerprint density at radius 3 is 2.40 bits per heavy atom. The van der Waals surface area contributed by atoms with E-state index in [0.29, 0.717) is 10.0 Å². The molecule has 2 aromatic carbocycles. The van der Waals surface area contributed by atoms with Gasteiger partial charge < -0.3 is 5.73 Å². The number of hydrogen-bond donors (Lipinski definition) is 1. The second-order valence-electron chi connectivity index (χ2n) is 4.85. The van der Waals surface area contributed by atoms with Gasteiger partial charge in [0.25, 0.3) is 0 Å². The second kappa shape index (κ2) is 6.51. The van der Waals surface area contributed by atoms with Gasteiger partial charge >= 0.3 is 0 Å². The molecule has 0 saturated carbocycles. The molecule has 0 heterocycles.